The molecule has 0 bridgehead atoms. The summed E-state index contributed by atoms with van der Waals surface area (Å²) < 4.78 is 39.7. The van der Waals surface area contributed by atoms with Gasteiger partial charge in [0.1, 0.15) is 17.3 Å². The molecule has 0 fully saturated rings. The van der Waals surface area contributed by atoms with E-state index in [1.165, 1.54) is 12.1 Å². The Balaban J connectivity index is 1.98. The Hall–Kier alpha value is -1.98. The van der Waals surface area contributed by atoms with Gasteiger partial charge in [-0.3, -0.25) is 0 Å². The van der Waals surface area contributed by atoms with Gasteiger partial charge >= 0.3 is 6.18 Å². The Morgan fingerprint density at radius 1 is 1.24 bits per heavy atom. The average Bonchev–Trinajstić information content (AvgIpc) is 2.74. The summed E-state index contributed by atoms with van der Waals surface area (Å²) in [4.78, 5) is 4.52. The van der Waals surface area contributed by atoms with E-state index in [4.69, 9.17) is 5.73 Å². The fraction of sp³-hybridized carbons (Fsp3) is 0.400. The zero-order valence-electron chi connectivity index (χ0n) is 11.6. The zero-order valence-corrected chi connectivity index (χ0v) is 11.6. The highest BCUT2D eigenvalue weighted by Gasteiger charge is 2.30. The van der Waals surface area contributed by atoms with Gasteiger partial charge in [-0.1, -0.05) is 19.1 Å². The van der Waals surface area contributed by atoms with E-state index in [0.717, 1.165) is 37.3 Å². The van der Waals surface area contributed by atoms with Gasteiger partial charge in [-0.25, -0.2) is 4.98 Å². The molecule has 21 heavy (non-hydrogen) atoms. The number of fused-ring (bicyclic) bond motifs is 1. The molecule has 0 aliphatic carbocycles. The van der Waals surface area contributed by atoms with Crippen molar-refractivity contribution in [1.82, 2.24) is 9.55 Å². The molecule has 0 saturated carbocycles. The molecule has 1 unspecified atom stereocenters. The minimum absolute atomic E-state index is 0.539. The molecule has 1 aliphatic heterocycles. The highest BCUT2D eigenvalue weighted by Crippen LogP contribution is 2.34. The second kappa shape index (κ2) is 4.79. The lowest BCUT2D eigenvalue weighted by molar-refractivity contribution is -0.137. The number of hydrogen-bond acceptors (Lipinski definition) is 2. The van der Waals surface area contributed by atoms with Gasteiger partial charge in [0, 0.05) is 18.5 Å². The van der Waals surface area contributed by atoms with Gasteiger partial charge in [0.2, 0.25) is 0 Å². The first-order valence-corrected chi connectivity index (χ1v) is 6.89. The molecule has 1 aliphatic rings. The molecule has 2 heterocycles. The van der Waals surface area contributed by atoms with E-state index in [1.54, 1.807) is 0 Å². The van der Waals surface area contributed by atoms with E-state index in [2.05, 4.69) is 11.9 Å². The Bertz CT molecular complexity index is 656. The van der Waals surface area contributed by atoms with E-state index in [9.17, 15) is 13.2 Å². The first kappa shape index (κ1) is 14.0. The lowest BCUT2D eigenvalue weighted by atomic mass is 10.0. The zero-order chi connectivity index (χ0) is 15.2. The molecule has 1 aromatic heterocycles. The van der Waals surface area contributed by atoms with E-state index < -0.39 is 11.7 Å². The molecule has 2 aromatic rings. The molecular formula is C15H16F3N3. The van der Waals surface area contributed by atoms with E-state index in [1.807, 2.05) is 4.57 Å². The van der Waals surface area contributed by atoms with E-state index >= 15 is 0 Å². The Morgan fingerprint density at radius 3 is 2.52 bits per heavy atom. The fourth-order valence-corrected chi connectivity index (χ4v) is 2.71. The number of hydrogen-bond donors (Lipinski definition) is 1. The molecule has 0 spiro atoms. The molecule has 3 rings (SSSR count). The van der Waals surface area contributed by atoms with Crippen LogP contribution < -0.4 is 5.73 Å². The van der Waals surface area contributed by atoms with Gasteiger partial charge < -0.3 is 10.3 Å². The van der Waals surface area contributed by atoms with Crippen LogP contribution in [-0.2, 0) is 19.1 Å². The number of aromatic nitrogens is 2. The molecule has 0 amide bonds. The Labute approximate surface area is 120 Å². The minimum atomic E-state index is -4.33. The number of anilines is 1. The van der Waals surface area contributed by atoms with Crippen LogP contribution in [0.1, 0.15) is 24.7 Å². The fourth-order valence-electron chi connectivity index (χ4n) is 2.71. The topological polar surface area (TPSA) is 43.8 Å². The monoisotopic (exact) mass is 295 g/mol. The predicted octanol–water partition coefficient (Wildman–Crippen LogP) is 3.73. The SMILES string of the molecule is CC1CCn2c(nc(-c3ccc(C(F)(F)F)cc3)c2N)C1. The summed E-state index contributed by atoms with van der Waals surface area (Å²) >= 11 is 0. The van der Waals surface area contributed by atoms with Crippen molar-refractivity contribution in [3.05, 3.63) is 35.7 Å². The summed E-state index contributed by atoms with van der Waals surface area (Å²) in [6, 6.07) is 4.99. The van der Waals surface area contributed by atoms with Crippen molar-refractivity contribution in [2.45, 2.75) is 32.5 Å². The third kappa shape index (κ3) is 2.50. The van der Waals surface area contributed by atoms with Crippen LogP contribution >= 0.6 is 0 Å². The van der Waals surface area contributed by atoms with Gasteiger partial charge in [-0.2, -0.15) is 13.2 Å². The summed E-state index contributed by atoms with van der Waals surface area (Å²) in [5, 5.41) is 0. The van der Waals surface area contributed by atoms with Crippen LogP contribution in [0.25, 0.3) is 11.3 Å². The molecule has 3 nitrogen and oxygen atoms in total. The number of nitrogens with two attached hydrogens (primary N) is 1. The van der Waals surface area contributed by atoms with Gasteiger partial charge in [0.05, 0.1) is 5.56 Å². The summed E-state index contributed by atoms with van der Waals surface area (Å²) in [5.41, 5.74) is 6.64. The average molecular weight is 295 g/mol. The normalized spacial score (nSPS) is 18.6. The summed E-state index contributed by atoms with van der Waals surface area (Å²) in [7, 11) is 0. The van der Waals surface area contributed by atoms with Crippen LogP contribution in [-0.4, -0.2) is 9.55 Å². The maximum Gasteiger partial charge on any atom is 0.416 e. The van der Waals surface area contributed by atoms with Crippen LogP contribution in [0.3, 0.4) is 0 Å². The number of imidazole rings is 1. The molecule has 1 atom stereocenters. The van der Waals surface area contributed by atoms with Gasteiger partial charge in [-0.15, -0.1) is 0 Å². The van der Waals surface area contributed by atoms with Crippen LogP contribution in [0.2, 0.25) is 0 Å². The second-order valence-electron chi connectivity index (χ2n) is 5.59. The molecule has 0 radical (unpaired) electrons. The van der Waals surface area contributed by atoms with Crippen LogP contribution in [0.4, 0.5) is 19.0 Å². The van der Waals surface area contributed by atoms with Gasteiger partial charge in [0.15, 0.2) is 0 Å². The maximum absolute atomic E-state index is 12.6. The van der Waals surface area contributed by atoms with Crippen molar-refractivity contribution in [1.29, 1.82) is 0 Å². The van der Waals surface area contributed by atoms with Crippen LogP contribution in [0.5, 0.6) is 0 Å². The Morgan fingerprint density at radius 2 is 1.90 bits per heavy atom. The molecule has 1 aromatic carbocycles. The lowest BCUT2D eigenvalue weighted by Gasteiger charge is -2.20. The summed E-state index contributed by atoms with van der Waals surface area (Å²) in [5.74, 6) is 2.01. The number of benzene rings is 1. The van der Waals surface area contributed by atoms with Crippen LogP contribution in [0, 0.1) is 5.92 Å². The highest BCUT2D eigenvalue weighted by molar-refractivity contribution is 5.71. The molecule has 112 valence electrons. The standard InChI is InChI=1S/C15H16F3N3/c1-9-6-7-21-12(8-9)20-13(14(21)19)10-2-4-11(5-3-10)15(16,17)18/h2-5,9H,6-8,19H2,1H3. The van der Waals surface area contributed by atoms with Gasteiger partial charge in [0.25, 0.3) is 0 Å². The molecule has 2 N–H and O–H groups in total. The third-order valence-corrected chi connectivity index (χ3v) is 3.95. The second-order valence-corrected chi connectivity index (χ2v) is 5.59. The predicted molar refractivity (Wildman–Crippen MR) is 74.6 cm³/mol. The number of nitrogens with zero attached hydrogens (tertiary/aromatic N) is 2. The Kier molecular flexibility index (Phi) is 3.19. The molecule has 6 heteroatoms. The smallest absolute Gasteiger partial charge is 0.383 e. The van der Waals surface area contributed by atoms with Crippen molar-refractivity contribution < 1.29 is 13.2 Å². The molecule has 0 saturated heterocycles. The largest absolute Gasteiger partial charge is 0.416 e. The van der Waals surface area contributed by atoms with Gasteiger partial charge in [-0.05, 0) is 24.5 Å². The quantitative estimate of drug-likeness (QED) is 0.871. The number of nitrogen functional groups attached to an aromatic ring is 1. The molecular weight excluding hydrogens is 279 g/mol. The summed E-state index contributed by atoms with van der Waals surface area (Å²) in [6.45, 7) is 2.97. The first-order valence-electron chi connectivity index (χ1n) is 6.89. The maximum atomic E-state index is 12.6. The van der Waals surface area contributed by atoms with Crippen molar-refractivity contribution in [2.24, 2.45) is 5.92 Å². The van der Waals surface area contributed by atoms with E-state index in [-0.39, 0.29) is 0 Å². The van der Waals surface area contributed by atoms with Crippen LogP contribution in [0.15, 0.2) is 24.3 Å². The first-order chi connectivity index (χ1) is 9.86. The van der Waals surface area contributed by atoms with Crippen molar-refractivity contribution in [2.75, 3.05) is 5.73 Å². The summed E-state index contributed by atoms with van der Waals surface area (Å²) in [6.07, 6.45) is -2.43. The van der Waals surface area contributed by atoms with E-state index in [0.29, 0.717) is 23.0 Å². The highest BCUT2D eigenvalue weighted by atomic mass is 19.4. The minimum Gasteiger partial charge on any atom is -0.383 e. The third-order valence-electron chi connectivity index (χ3n) is 3.95. The van der Waals surface area contributed by atoms with Crippen molar-refractivity contribution >= 4 is 5.82 Å². The number of alkyl halides is 3. The van der Waals surface area contributed by atoms with Crippen molar-refractivity contribution in [3.63, 3.8) is 0 Å². The van der Waals surface area contributed by atoms with Crippen molar-refractivity contribution in [3.8, 4) is 11.3 Å². The number of rotatable bonds is 1. The lowest BCUT2D eigenvalue weighted by Crippen LogP contribution is -2.18. The number of halogens is 3.